The summed E-state index contributed by atoms with van der Waals surface area (Å²) in [5.41, 5.74) is 0. The zero-order chi connectivity index (χ0) is 6.28. The third-order valence-corrected chi connectivity index (χ3v) is 0.228. The van der Waals surface area contributed by atoms with Crippen LogP contribution in [0.15, 0.2) is 12.5 Å². The van der Waals surface area contributed by atoms with Crippen LogP contribution in [0.1, 0.15) is 0 Å². The van der Waals surface area contributed by atoms with Crippen molar-refractivity contribution in [1.29, 1.82) is 0 Å². The Morgan fingerprint density at radius 3 is 2.00 bits per heavy atom. The summed E-state index contributed by atoms with van der Waals surface area (Å²) in [5, 5.41) is 9.48. The number of ether oxygens (including phenoxy) is 1. The van der Waals surface area contributed by atoms with Crippen LogP contribution < -0.4 is 5.11 Å². The Morgan fingerprint density at radius 1 is 1.86 bits per heavy atom. The quantitative estimate of drug-likeness (QED) is 0.469. The molecule has 0 spiro atoms. The molecule has 7 heavy (non-hydrogen) atoms. The summed E-state index contributed by atoms with van der Waals surface area (Å²) < 4.78 is 4.00. The van der Waals surface area contributed by atoms with E-state index in [4.69, 9.17) is 0 Å². The van der Waals surface area contributed by atoms with Gasteiger partial charge in [-0.15, -0.1) is 0 Å². The molecule has 0 aliphatic rings. The van der Waals surface area contributed by atoms with Crippen LogP contribution in [0.2, 0.25) is 0 Å². The van der Waals surface area contributed by atoms with Crippen LogP contribution >= 0.6 is 13.6 Å². The summed E-state index contributed by atoms with van der Waals surface area (Å²) >= 11 is 4.25. The normalized spacial score (nSPS) is 5.71. The first kappa shape index (κ1) is 10.4. The average molecular weight is 218 g/mol. The summed E-state index contributed by atoms with van der Waals surface area (Å²) in [6.45, 7) is 2.90. The molecule has 0 radical (unpaired) electrons. The van der Waals surface area contributed by atoms with E-state index in [1.807, 2.05) is 0 Å². The van der Waals surface area contributed by atoms with E-state index in [1.165, 1.54) is 23.5 Å². The predicted octanol–water partition coefficient (Wildman–Crippen LogP) is 0.307. The van der Waals surface area contributed by atoms with Crippen LogP contribution in [0.4, 0.5) is 0 Å². The van der Waals surface area contributed by atoms with Crippen molar-refractivity contribution in [2.24, 2.45) is 0 Å². The van der Waals surface area contributed by atoms with E-state index in [0.717, 1.165) is 0 Å². The Labute approximate surface area is 59.6 Å². The van der Waals surface area contributed by atoms with Gasteiger partial charge in [0, 0.05) is 5.95 Å². The Hall–Kier alpha value is 0.443. The van der Waals surface area contributed by atoms with Gasteiger partial charge < -0.3 is 9.84 Å². The fraction of sp³-hybridized carbons (Fsp3) is 0.333. The molecule has 0 unspecified atom stereocenters. The first-order valence-corrected chi connectivity index (χ1v) is 8.39. The molecule has 0 heterocycles. The molecule has 0 aromatic heterocycles. The fourth-order valence-corrected chi connectivity index (χ4v) is 0. The molecule has 0 aromatic rings. The zero-order valence-corrected chi connectivity index (χ0v) is 8.66. The van der Waals surface area contributed by atoms with Gasteiger partial charge in [0.2, 0.25) is 0 Å². The van der Waals surface area contributed by atoms with Crippen LogP contribution in [-0.2, 0) is 21.1 Å². The molecule has 0 atom stereocenters. The third kappa shape index (κ3) is 21.3. The number of rotatable bonds is 1. The molecule has 0 amide bonds. The Morgan fingerprint density at radius 2 is 2.00 bits per heavy atom. The average Bonchev–Trinajstić information content (AvgIpc) is 1.73. The Bertz CT molecular complexity index is 48.2. The third-order valence-electron chi connectivity index (χ3n) is 0.228. The van der Waals surface area contributed by atoms with Crippen LogP contribution in [0.3, 0.4) is 0 Å². The van der Waals surface area contributed by atoms with Gasteiger partial charge in [0.25, 0.3) is 0 Å². The van der Waals surface area contributed by atoms with Gasteiger partial charge in [-0.05, 0) is 7.11 Å². The summed E-state index contributed by atoms with van der Waals surface area (Å²) in [7, 11) is 1.29. The van der Waals surface area contributed by atoms with Gasteiger partial charge in [-0.25, -0.2) is 0 Å². The monoisotopic (exact) mass is 216 g/mol. The second-order valence-electron chi connectivity index (χ2n) is 0.576. The number of halogens is 1. The number of methoxy groups -OCH3 is 1. The molecule has 4 heteroatoms. The van der Waals surface area contributed by atoms with Crippen molar-refractivity contribution in [2.45, 2.75) is 0 Å². The number of hydrogen-bond donors (Lipinski definition) is 0. The molecule has 0 rings (SSSR count). The van der Waals surface area contributed by atoms with Crippen molar-refractivity contribution in [1.82, 2.24) is 0 Å². The fourth-order valence-electron chi connectivity index (χ4n) is 0. The van der Waals surface area contributed by atoms with Crippen molar-refractivity contribution in [2.75, 3.05) is 7.11 Å². The molecule has 38 valence electrons. The number of hydrogen-bond acceptors (Lipinski definition) is 2. The first-order valence-electron chi connectivity index (χ1n) is 1.44. The van der Waals surface area contributed by atoms with E-state index >= 15 is 0 Å². The first-order chi connectivity index (χ1) is 3.27. The van der Waals surface area contributed by atoms with Gasteiger partial charge in [-0.2, -0.15) is 0 Å². The molecule has 2 nitrogen and oxygen atoms in total. The van der Waals surface area contributed by atoms with Crippen LogP contribution in [0, 0.1) is 0 Å². The van der Waals surface area contributed by atoms with E-state index in [9.17, 15) is 5.11 Å². The van der Waals surface area contributed by atoms with E-state index in [-0.39, 0.29) is 0 Å². The molecule has 0 saturated heterocycles. The maximum atomic E-state index is 9.48. The maximum absolute atomic E-state index is 9.48. The van der Waals surface area contributed by atoms with Crippen LogP contribution in [0.25, 0.3) is 0 Å². The SMILES string of the molecule is C=C([O-])OC.[Zn+][Br]. The van der Waals surface area contributed by atoms with Crippen LogP contribution in [-0.4, -0.2) is 7.11 Å². The van der Waals surface area contributed by atoms with E-state index in [2.05, 4.69) is 24.9 Å². The van der Waals surface area contributed by atoms with Crippen molar-refractivity contribution in [3.63, 3.8) is 0 Å². The van der Waals surface area contributed by atoms with Gasteiger partial charge in [-0.1, -0.05) is 6.58 Å². The van der Waals surface area contributed by atoms with Crippen molar-refractivity contribution in [3.8, 4) is 0 Å². The Balaban J connectivity index is 0. The Kier molecular flexibility index (Phi) is 14.4. The standard InChI is InChI=1S/C3H6O2.BrH.Zn/c1-3(4)5-2;;/h4H,1H2,2H3;1H;/q;;+2/p-2. The summed E-state index contributed by atoms with van der Waals surface area (Å²) in [6.07, 6.45) is 0. The van der Waals surface area contributed by atoms with Crippen molar-refractivity contribution in [3.05, 3.63) is 12.5 Å². The predicted molar refractivity (Wildman–Crippen MR) is 25.1 cm³/mol. The minimum absolute atomic E-state index is 0.495. The van der Waals surface area contributed by atoms with E-state index in [0.29, 0.717) is 0 Å². The molecule has 0 N–H and O–H groups in total. The second-order valence-corrected chi connectivity index (χ2v) is 0.576. The van der Waals surface area contributed by atoms with Gasteiger partial charge in [0.05, 0.1) is 0 Å². The zero-order valence-electron chi connectivity index (χ0n) is 4.11. The van der Waals surface area contributed by atoms with Crippen LogP contribution in [0.5, 0.6) is 0 Å². The van der Waals surface area contributed by atoms with Crippen molar-refractivity contribution < 1.29 is 26.2 Å². The molecule has 0 bridgehead atoms. The molecular weight excluding hydrogens is 213 g/mol. The summed E-state index contributed by atoms with van der Waals surface area (Å²) in [6, 6.07) is 0. The van der Waals surface area contributed by atoms with Gasteiger partial charge in [0.1, 0.15) is 0 Å². The molecular formula is C3H5BrO2Zn. The minimum atomic E-state index is -0.495. The molecule has 0 saturated carbocycles. The topological polar surface area (TPSA) is 32.3 Å². The van der Waals surface area contributed by atoms with E-state index < -0.39 is 5.95 Å². The molecule has 0 aromatic carbocycles. The van der Waals surface area contributed by atoms with Gasteiger partial charge >= 0.3 is 30.0 Å². The van der Waals surface area contributed by atoms with Gasteiger partial charge in [-0.3, -0.25) is 0 Å². The van der Waals surface area contributed by atoms with E-state index in [1.54, 1.807) is 0 Å². The summed E-state index contributed by atoms with van der Waals surface area (Å²) in [4.78, 5) is 0. The van der Waals surface area contributed by atoms with Crippen molar-refractivity contribution >= 4 is 13.6 Å². The summed E-state index contributed by atoms with van der Waals surface area (Å²) in [5.74, 6) is -0.495. The van der Waals surface area contributed by atoms with Gasteiger partial charge in [0.15, 0.2) is 0 Å². The molecule has 0 aliphatic heterocycles. The molecule has 0 aliphatic carbocycles. The molecule has 0 fully saturated rings. The second kappa shape index (κ2) is 9.67.